The van der Waals surface area contributed by atoms with Crippen molar-refractivity contribution >= 4 is 52.8 Å². The monoisotopic (exact) mass is 456 g/mol. The lowest BCUT2D eigenvalue weighted by Crippen LogP contribution is -2.15. The van der Waals surface area contributed by atoms with Crippen molar-refractivity contribution in [3.63, 3.8) is 0 Å². The minimum atomic E-state index is -0.390. The average molecular weight is 457 g/mol. The molecule has 0 N–H and O–H groups in total. The summed E-state index contributed by atoms with van der Waals surface area (Å²) >= 11 is 2.27. The standard InChI is InChI=1S/C21H20N4O4S2/c1-28-17(26)13-30-20-22-19(23-21(24-20)31-14-18(27)29-2)25(15-9-5-3-6-10-15)16-11-7-4-8-12-16/h3-12H,13-14H2,1-2H3. The molecule has 0 atom stereocenters. The molecule has 1 heterocycles. The summed E-state index contributed by atoms with van der Waals surface area (Å²) in [5.41, 5.74) is 1.71. The molecule has 0 saturated heterocycles. The number of rotatable bonds is 9. The molecule has 0 aliphatic carbocycles. The highest BCUT2D eigenvalue weighted by molar-refractivity contribution is 8.00. The van der Waals surface area contributed by atoms with Crippen LogP contribution >= 0.6 is 23.5 Å². The van der Waals surface area contributed by atoms with Crippen molar-refractivity contribution in [2.75, 3.05) is 30.6 Å². The molecule has 0 aliphatic heterocycles. The number of nitrogens with zero attached hydrogens (tertiary/aromatic N) is 4. The summed E-state index contributed by atoms with van der Waals surface area (Å²) in [6, 6.07) is 19.3. The van der Waals surface area contributed by atoms with E-state index in [2.05, 4.69) is 15.0 Å². The molecule has 0 radical (unpaired) electrons. The summed E-state index contributed by atoms with van der Waals surface area (Å²) in [7, 11) is 2.65. The fraction of sp³-hybridized carbons (Fsp3) is 0.190. The Morgan fingerprint density at radius 2 is 1.16 bits per heavy atom. The van der Waals surface area contributed by atoms with Crippen molar-refractivity contribution in [2.45, 2.75) is 10.3 Å². The number of anilines is 3. The van der Waals surface area contributed by atoms with Crippen molar-refractivity contribution in [3.8, 4) is 0 Å². The number of esters is 2. The Labute approximate surface area is 188 Å². The highest BCUT2D eigenvalue weighted by Crippen LogP contribution is 2.33. The van der Waals surface area contributed by atoms with Gasteiger partial charge in [-0.15, -0.1) is 0 Å². The van der Waals surface area contributed by atoms with E-state index in [1.807, 2.05) is 65.6 Å². The normalized spacial score (nSPS) is 10.4. The van der Waals surface area contributed by atoms with Crippen molar-refractivity contribution in [1.29, 1.82) is 0 Å². The van der Waals surface area contributed by atoms with Gasteiger partial charge >= 0.3 is 11.9 Å². The van der Waals surface area contributed by atoms with Crippen LogP contribution in [0.4, 0.5) is 17.3 Å². The van der Waals surface area contributed by atoms with Crippen LogP contribution in [0.15, 0.2) is 71.0 Å². The fourth-order valence-electron chi connectivity index (χ4n) is 2.46. The molecule has 0 bridgehead atoms. The van der Waals surface area contributed by atoms with Crippen LogP contribution in [0.5, 0.6) is 0 Å². The van der Waals surface area contributed by atoms with Crippen LogP contribution in [0.2, 0.25) is 0 Å². The van der Waals surface area contributed by atoms with Crippen LogP contribution in [-0.4, -0.2) is 52.6 Å². The quantitative estimate of drug-likeness (QED) is 0.349. The third-order valence-corrected chi connectivity index (χ3v) is 5.55. The third-order valence-electron chi connectivity index (χ3n) is 3.90. The Morgan fingerprint density at radius 1 is 0.742 bits per heavy atom. The second-order valence-corrected chi connectivity index (χ2v) is 7.82. The average Bonchev–Trinajstić information content (AvgIpc) is 2.82. The predicted molar refractivity (Wildman–Crippen MR) is 120 cm³/mol. The number of thioether (sulfide) groups is 2. The summed E-state index contributed by atoms with van der Waals surface area (Å²) in [4.78, 5) is 38.6. The largest absolute Gasteiger partial charge is 0.468 e. The molecule has 31 heavy (non-hydrogen) atoms. The molecule has 0 fully saturated rings. The second kappa shape index (κ2) is 11.3. The van der Waals surface area contributed by atoms with E-state index in [1.54, 1.807) is 0 Å². The number of carbonyl (C=O) groups excluding carboxylic acids is 2. The molecule has 0 spiro atoms. The van der Waals surface area contributed by atoms with Gasteiger partial charge in [0.15, 0.2) is 10.3 Å². The first-order valence-electron chi connectivity index (χ1n) is 9.16. The van der Waals surface area contributed by atoms with Crippen LogP contribution in [0, 0.1) is 0 Å². The highest BCUT2D eigenvalue weighted by Gasteiger charge is 2.19. The first-order chi connectivity index (χ1) is 15.1. The lowest BCUT2D eigenvalue weighted by atomic mass is 10.2. The first-order valence-corrected chi connectivity index (χ1v) is 11.1. The Bertz CT molecular complexity index is 945. The molecule has 3 rings (SSSR count). The Morgan fingerprint density at radius 3 is 1.55 bits per heavy atom. The summed E-state index contributed by atoms with van der Waals surface area (Å²) < 4.78 is 9.41. The Kier molecular flexibility index (Phi) is 8.25. The summed E-state index contributed by atoms with van der Waals surface area (Å²) in [6.45, 7) is 0. The van der Waals surface area contributed by atoms with Crippen LogP contribution in [0.25, 0.3) is 0 Å². The van der Waals surface area contributed by atoms with E-state index in [4.69, 9.17) is 9.47 Å². The smallest absolute Gasteiger partial charge is 0.316 e. The van der Waals surface area contributed by atoms with Crippen LogP contribution < -0.4 is 4.90 Å². The third kappa shape index (κ3) is 6.43. The van der Waals surface area contributed by atoms with Gasteiger partial charge in [-0.3, -0.25) is 14.5 Å². The number of methoxy groups -OCH3 is 2. The van der Waals surface area contributed by atoms with Gasteiger partial charge < -0.3 is 9.47 Å². The topological polar surface area (TPSA) is 94.5 Å². The van der Waals surface area contributed by atoms with E-state index in [9.17, 15) is 9.59 Å². The van der Waals surface area contributed by atoms with E-state index < -0.39 is 11.9 Å². The van der Waals surface area contributed by atoms with Gasteiger partial charge in [-0.1, -0.05) is 59.9 Å². The molecule has 8 nitrogen and oxygen atoms in total. The van der Waals surface area contributed by atoms with E-state index in [-0.39, 0.29) is 11.5 Å². The summed E-state index contributed by atoms with van der Waals surface area (Å²) in [5.74, 6) is -0.306. The number of hydrogen-bond donors (Lipinski definition) is 0. The van der Waals surface area contributed by atoms with E-state index in [0.29, 0.717) is 16.3 Å². The van der Waals surface area contributed by atoms with Crippen molar-refractivity contribution in [1.82, 2.24) is 15.0 Å². The van der Waals surface area contributed by atoms with E-state index in [0.717, 1.165) is 34.9 Å². The van der Waals surface area contributed by atoms with Gasteiger partial charge in [0.05, 0.1) is 25.7 Å². The molecule has 0 amide bonds. The number of aromatic nitrogens is 3. The van der Waals surface area contributed by atoms with Crippen molar-refractivity contribution in [3.05, 3.63) is 60.7 Å². The molecule has 2 aromatic carbocycles. The van der Waals surface area contributed by atoms with Gasteiger partial charge in [-0.25, -0.2) is 0 Å². The number of benzene rings is 2. The molecule has 0 aliphatic rings. The van der Waals surface area contributed by atoms with Gasteiger partial charge in [0.1, 0.15) is 0 Å². The van der Waals surface area contributed by atoms with Crippen molar-refractivity contribution in [2.24, 2.45) is 0 Å². The van der Waals surface area contributed by atoms with Crippen LogP contribution in [0.3, 0.4) is 0 Å². The van der Waals surface area contributed by atoms with Gasteiger partial charge in [0.25, 0.3) is 0 Å². The molecular formula is C21H20N4O4S2. The van der Waals surface area contributed by atoms with Gasteiger partial charge in [-0.2, -0.15) is 15.0 Å². The zero-order valence-electron chi connectivity index (χ0n) is 16.9. The Balaban J connectivity index is 2.03. The van der Waals surface area contributed by atoms with E-state index in [1.165, 1.54) is 14.2 Å². The summed E-state index contributed by atoms with van der Waals surface area (Å²) in [6.07, 6.45) is 0. The number of hydrogen-bond acceptors (Lipinski definition) is 10. The predicted octanol–water partition coefficient (Wildman–Crippen LogP) is 3.87. The van der Waals surface area contributed by atoms with Gasteiger partial charge in [0.2, 0.25) is 5.95 Å². The molecule has 10 heteroatoms. The molecule has 0 unspecified atom stereocenters. The van der Waals surface area contributed by atoms with E-state index >= 15 is 0 Å². The maximum atomic E-state index is 11.6. The second-order valence-electron chi connectivity index (χ2n) is 5.94. The van der Waals surface area contributed by atoms with Gasteiger partial charge in [0, 0.05) is 11.4 Å². The lowest BCUT2D eigenvalue weighted by Gasteiger charge is -2.23. The number of ether oxygens (including phenoxy) is 2. The first kappa shape index (κ1) is 22.6. The summed E-state index contributed by atoms with van der Waals surface area (Å²) in [5, 5.41) is 0.694. The van der Waals surface area contributed by atoms with Crippen LogP contribution in [-0.2, 0) is 19.1 Å². The SMILES string of the molecule is COC(=O)CSc1nc(SCC(=O)OC)nc(N(c2ccccc2)c2ccccc2)n1. The number of carbonyl (C=O) groups is 2. The fourth-order valence-corrected chi connectivity index (χ4v) is 3.84. The molecular weight excluding hydrogens is 436 g/mol. The van der Waals surface area contributed by atoms with Crippen LogP contribution in [0.1, 0.15) is 0 Å². The maximum Gasteiger partial charge on any atom is 0.316 e. The molecule has 1 aromatic heterocycles. The minimum absolute atomic E-state index is 0.0533. The zero-order chi connectivity index (χ0) is 22.1. The highest BCUT2D eigenvalue weighted by atomic mass is 32.2. The minimum Gasteiger partial charge on any atom is -0.468 e. The molecule has 3 aromatic rings. The molecule has 160 valence electrons. The van der Waals surface area contributed by atoms with Gasteiger partial charge in [-0.05, 0) is 24.3 Å². The zero-order valence-corrected chi connectivity index (χ0v) is 18.6. The maximum absolute atomic E-state index is 11.6. The lowest BCUT2D eigenvalue weighted by molar-refractivity contribution is -0.138. The number of para-hydroxylation sites is 2. The molecule has 0 saturated carbocycles. The Hall–Kier alpha value is -3.11. The van der Waals surface area contributed by atoms with Crippen molar-refractivity contribution < 1.29 is 19.1 Å².